The first kappa shape index (κ1) is 18.2. The lowest BCUT2D eigenvalue weighted by Gasteiger charge is -2.30. The zero-order valence-electron chi connectivity index (χ0n) is 15.9. The molecular weight excluding hydrogens is 332 g/mol. The van der Waals surface area contributed by atoms with Gasteiger partial charge in [-0.2, -0.15) is 0 Å². The predicted octanol–water partition coefficient (Wildman–Crippen LogP) is 3.88. The van der Waals surface area contributed by atoms with Crippen LogP contribution in [0.4, 0.5) is 0 Å². The summed E-state index contributed by atoms with van der Waals surface area (Å²) in [6, 6.07) is 22.7. The number of benzene rings is 2. The van der Waals surface area contributed by atoms with Gasteiger partial charge in [0.25, 0.3) is 0 Å². The third-order valence-electron chi connectivity index (χ3n) is 6.05. The van der Waals surface area contributed by atoms with Crippen molar-refractivity contribution >= 4 is 5.91 Å². The number of hydrogen-bond acceptors (Lipinski definition) is 2. The third kappa shape index (κ3) is 5.20. The Balaban J connectivity index is 1.37. The van der Waals surface area contributed by atoms with Gasteiger partial charge in [-0.3, -0.25) is 4.79 Å². The van der Waals surface area contributed by atoms with Crippen LogP contribution in [-0.4, -0.2) is 24.0 Å². The minimum Gasteiger partial charge on any atom is -0.353 e. The van der Waals surface area contributed by atoms with Crippen molar-refractivity contribution in [1.82, 2.24) is 10.6 Å². The smallest absolute Gasteiger partial charge is 0.220 e. The molecule has 2 fully saturated rings. The van der Waals surface area contributed by atoms with Crippen LogP contribution in [0.3, 0.4) is 0 Å². The van der Waals surface area contributed by atoms with Crippen LogP contribution in [-0.2, 0) is 17.6 Å². The van der Waals surface area contributed by atoms with Gasteiger partial charge in [-0.1, -0.05) is 60.7 Å². The number of piperidine rings is 1. The predicted molar refractivity (Wildman–Crippen MR) is 110 cm³/mol. The Hall–Kier alpha value is -2.13. The molecule has 2 aliphatic heterocycles. The van der Waals surface area contributed by atoms with Gasteiger partial charge in [0.05, 0.1) is 0 Å². The normalized spacial score (nSPS) is 24.1. The summed E-state index contributed by atoms with van der Waals surface area (Å²) in [6.07, 6.45) is 7.20. The molecule has 2 aromatic carbocycles. The van der Waals surface area contributed by atoms with Crippen molar-refractivity contribution in [3.8, 4) is 0 Å². The molecule has 0 spiro atoms. The van der Waals surface area contributed by atoms with E-state index in [1.54, 1.807) is 0 Å². The summed E-state index contributed by atoms with van der Waals surface area (Å²) in [5, 5.41) is 6.99. The fraction of sp³-hybridized carbons (Fsp3) is 0.458. The molecule has 3 heteroatoms. The van der Waals surface area contributed by atoms with E-state index in [-0.39, 0.29) is 5.91 Å². The Morgan fingerprint density at radius 1 is 0.889 bits per heavy atom. The Morgan fingerprint density at radius 3 is 1.93 bits per heavy atom. The SMILES string of the molecule is O=C(CC(Cc1ccccc1)Cc1ccccc1)NC1CC2CCC(C1)N2. The molecule has 1 amide bonds. The molecule has 0 aromatic heterocycles. The summed E-state index contributed by atoms with van der Waals surface area (Å²) in [7, 11) is 0. The number of amides is 1. The Kier molecular flexibility index (Phi) is 5.88. The van der Waals surface area contributed by atoms with Gasteiger partial charge >= 0.3 is 0 Å². The summed E-state index contributed by atoms with van der Waals surface area (Å²) < 4.78 is 0. The number of nitrogens with one attached hydrogen (secondary N) is 2. The molecule has 0 saturated carbocycles. The van der Waals surface area contributed by atoms with Crippen molar-refractivity contribution in [2.75, 3.05) is 0 Å². The molecule has 4 rings (SSSR count). The van der Waals surface area contributed by atoms with Crippen LogP contribution in [0.2, 0.25) is 0 Å². The summed E-state index contributed by atoms with van der Waals surface area (Å²) in [5.41, 5.74) is 2.62. The molecule has 2 atom stereocenters. The van der Waals surface area contributed by atoms with Gasteiger partial charge in [0.2, 0.25) is 5.91 Å². The Bertz CT molecular complexity index is 677. The highest BCUT2D eigenvalue weighted by atomic mass is 16.1. The van der Waals surface area contributed by atoms with Gasteiger partial charge in [-0.15, -0.1) is 0 Å². The summed E-state index contributed by atoms with van der Waals surface area (Å²) in [6.45, 7) is 0. The van der Waals surface area contributed by atoms with E-state index in [0.29, 0.717) is 30.5 Å². The van der Waals surface area contributed by atoms with E-state index in [9.17, 15) is 4.79 Å². The van der Waals surface area contributed by atoms with Crippen molar-refractivity contribution in [1.29, 1.82) is 0 Å². The molecule has 2 saturated heterocycles. The van der Waals surface area contributed by atoms with Gasteiger partial charge < -0.3 is 10.6 Å². The van der Waals surface area contributed by atoms with Crippen LogP contribution in [0.1, 0.15) is 43.2 Å². The molecule has 3 nitrogen and oxygen atoms in total. The molecule has 142 valence electrons. The zero-order chi connectivity index (χ0) is 18.5. The van der Waals surface area contributed by atoms with E-state index in [4.69, 9.17) is 0 Å². The molecule has 2 aliphatic rings. The first-order valence-corrected chi connectivity index (χ1v) is 10.4. The molecule has 2 aromatic rings. The third-order valence-corrected chi connectivity index (χ3v) is 6.05. The standard InChI is InChI=1S/C24H30N2O/c27-24(26-23-16-21-11-12-22(17-23)25-21)15-20(13-18-7-3-1-4-8-18)14-19-9-5-2-6-10-19/h1-10,20-23,25H,11-17H2,(H,26,27). The van der Waals surface area contributed by atoms with E-state index in [0.717, 1.165) is 25.7 Å². The number of hydrogen-bond donors (Lipinski definition) is 2. The van der Waals surface area contributed by atoms with Crippen molar-refractivity contribution in [2.45, 2.75) is 63.1 Å². The lowest BCUT2D eigenvalue weighted by molar-refractivity contribution is -0.123. The fourth-order valence-electron chi connectivity index (χ4n) is 4.84. The molecule has 2 bridgehead atoms. The van der Waals surface area contributed by atoms with Crippen molar-refractivity contribution in [3.63, 3.8) is 0 Å². The van der Waals surface area contributed by atoms with Crippen LogP contribution in [0.25, 0.3) is 0 Å². The van der Waals surface area contributed by atoms with E-state index in [1.807, 2.05) is 12.1 Å². The van der Waals surface area contributed by atoms with Gasteiger partial charge in [0.1, 0.15) is 0 Å². The highest BCUT2D eigenvalue weighted by Crippen LogP contribution is 2.27. The topological polar surface area (TPSA) is 41.1 Å². The molecule has 2 N–H and O–H groups in total. The summed E-state index contributed by atoms with van der Waals surface area (Å²) >= 11 is 0. The molecule has 2 heterocycles. The molecular formula is C24H30N2O. The molecule has 0 aliphatic carbocycles. The zero-order valence-corrected chi connectivity index (χ0v) is 15.9. The largest absolute Gasteiger partial charge is 0.353 e. The quantitative estimate of drug-likeness (QED) is 0.785. The van der Waals surface area contributed by atoms with E-state index < -0.39 is 0 Å². The summed E-state index contributed by atoms with van der Waals surface area (Å²) in [4.78, 5) is 12.8. The van der Waals surface area contributed by atoms with Gasteiger partial charge in [0.15, 0.2) is 0 Å². The average molecular weight is 363 g/mol. The minimum absolute atomic E-state index is 0.221. The number of carbonyl (C=O) groups is 1. The highest BCUT2D eigenvalue weighted by Gasteiger charge is 2.34. The number of rotatable bonds is 7. The number of carbonyl (C=O) groups excluding carboxylic acids is 1. The molecule has 2 unspecified atom stereocenters. The average Bonchev–Trinajstić information content (AvgIpc) is 3.01. The van der Waals surface area contributed by atoms with Crippen molar-refractivity contribution in [2.24, 2.45) is 5.92 Å². The van der Waals surface area contributed by atoms with Gasteiger partial charge in [0, 0.05) is 24.5 Å². The van der Waals surface area contributed by atoms with Crippen LogP contribution in [0.5, 0.6) is 0 Å². The second kappa shape index (κ2) is 8.71. The van der Waals surface area contributed by atoms with E-state index in [2.05, 4.69) is 59.2 Å². The number of fused-ring (bicyclic) bond motifs is 2. The van der Waals surface area contributed by atoms with E-state index in [1.165, 1.54) is 24.0 Å². The minimum atomic E-state index is 0.221. The maximum Gasteiger partial charge on any atom is 0.220 e. The Labute approximate surface area is 162 Å². The van der Waals surface area contributed by atoms with Crippen LogP contribution in [0.15, 0.2) is 60.7 Å². The van der Waals surface area contributed by atoms with Crippen molar-refractivity contribution in [3.05, 3.63) is 71.8 Å². The van der Waals surface area contributed by atoms with Crippen LogP contribution in [0, 0.1) is 5.92 Å². The monoisotopic (exact) mass is 362 g/mol. The maximum atomic E-state index is 12.8. The van der Waals surface area contributed by atoms with E-state index >= 15 is 0 Å². The maximum absolute atomic E-state index is 12.8. The molecule has 27 heavy (non-hydrogen) atoms. The first-order valence-electron chi connectivity index (χ1n) is 10.4. The van der Waals surface area contributed by atoms with Gasteiger partial charge in [-0.05, 0) is 55.6 Å². The van der Waals surface area contributed by atoms with Crippen LogP contribution < -0.4 is 10.6 Å². The molecule has 0 radical (unpaired) electrons. The fourth-order valence-corrected chi connectivity index (χ4v) is 4.84. The second-order valence-corrected chi connectivity index (χ2v) is 8.32. The van der Waals surface area contributed by atoms with Gasteiger partial charge in [-0.25, -0.2) is 0 Å². The Morgan fingerprint density at radius 2 is 1.41 bits per heavy atom. The second-order valence-electron chi connectivity index (χ2n) is 8.32. The van der Waals surface area contributed by atoms with Crippen LogP contribution >= 0.6 is 0 Å². The first-order chi connectivity index (χ1) is 13.2. The summed E-state index contributed by atoms with van der Waals surface area (Å²) in [5.74, 6) is 0.548. The lowest BCUT2D eigenvalue weighted by Crippen LogP contribution is -2.48. The van der Waals surface area contributed by atoms with Crippen molar-refractivity contribution < 1.29 is 4.79 Å². The lowest BCUT2D eigenvalue weighted by atomic mass is 9.89. The highest BCUT2D eigenvalue weighted by molar-refractivity contribution is 5.76.